The number of fused-ring (bicyclic) bond motifs is 1. The molecule has 5 heteroatoms. The summed E-state index contributed by atoms with van der Waals surface area (Å²) in [7, 11) is 1.44. The van der Waals surface area contributed by atoms with Gasteiger partial charge in [0.15, 0.2) is 5.43 Å². The van der Waals surface area contributed by atoms with Gasteiger partial charge in [-0.05, 0) is 20.8 Å². The van der Waals surface area contributed by atoms with Crippen LogP contribution in [0.1, 0.15) is 25.2 Å². The van der Waals surface area contributed by atoms with E-state index in [0.29, 0.717) is 22.3 Å². The number of methoxy groups -OCH3 is 1. The average Bonchev–Trinajstić information content (AvgIpc) is 2.34. The number of phenolic OH excluding ortho intramolecular Hbond substituents is 1. The van der Waals surface area contributed by atoms with E-state index in [-0.39, 0.29) is 23.0 Å². The van der Waals surface area contributed by atoms with Crippen LogP contribution in [0.2, 0.25) is 0 Å². The maximum Gasteiger partial charge on any atom is 0.196 e. The largest absolute Gasteiger partial charge is 0.507 e. The van der Waals surface area contributed by atoms with Crippen LogP contribution in [0, 0.1) is 6.92 Å². The SMILES string of the molecule is COc1c(C=NC(C)C)c(O)cc2oc(C)cc(=O)c12. The van der Waals surface area contributed by atoms with Crippen LogP contribution in [0.3, 0.4) is 0 Å². The maximum absolute atomic E-state index is 12.1. The van der Waals surface area contributed by atoms with Crippen molar-refractivity contribution in [1.29, 1.82) is 0 Å². The second-order valence-corrected chi connectivity index (χ2v) is 4.81. The molecule has 1 aromatic carbocycles. The number of ether oxygens (including phenoxy) is 1. The number of aliphatic imine (C=N–C) groups is 1. The van der Waals surface area contributed by atoms with Gasteiger partial charge in [-0.15, -0.1) is 0 Å². The van der Waals surface area contributed by atoms with Crippen LogP contribution < -0.4 is 10.2 Å². The van der Waals surface area contributed by atoms with Crippen molar-refractivity contribution < 1.29 is 14.3 Å². The number of aromatic hydroxyl groups is 1. The highest BCUT2D eigenvalue weighted by Crippen LogP contribution is 2.33. The van der Waals surface area contributed by atoms with Gasteiger partial charge < -0.3 is 14.3 Å². The molecular formula is C15H17NO4. The Kier molecular flexibility index (Phi) is 3.79. The molecule has 20 heavy (non-hydrogen) atoms. The molecule has 2 rings (SSSR count). The monoisotopic (exact) mass is 275 g/mol. The first-order valence-electron chi connectivity index (χ1n) is 6.31. The molecule has 1 N–H and O–H groups in total. The minimum absolute atomic E-state index is 0.0347. The van der Waals surface area contributed by atoms with Gasteiger partial charge in [-0.3, -0.25) is 9.79 Å². The molecule has 106 valence electrons. The van der Waals surface area contributed by atoms with Gasteiger partial charge in [-0.25, -0.2) is 0 Å². The van der Waals surface area contributed by atoms with Crippen molar-refractivity contribution in [3.63, 3.8) is 0 Å². The third-order valence-corrected chi connectivity index (χ3v) is 2.82. The fourth-order valence-electron chi connectivity index (χ4n) is 1.97. The van der Waals surface area contributed by atoms with Crippen LogP contribution in [0.4, 0.5) is 0 Å². The number of rotatable bonds is 3. The number of nitrogens with zero attached hydrogens (tertiary/aromatic N) is 1. The van der Waals surface area contributed by atoms with Gasteiger partial charge in [-0.1, -0.05) is 0 Å². The third-order valence-electron chi connectivity index (χ3n) is 2.82. The zero-order valence-electron chi connectivity index (χ0n) is 11.9. The normalized spacial score (nSPS) is 11.7. The molecule has 0 radical (unpaired) electrons. The molecule has 0 spiro atoms. The van der Waals surface area contributed by atoms with Crippen LogP contribution in [0.25, 0.3) is 11.0 Å². The molecule has 0 unspecified atom stereocenters. The number of hydrogen-bond donors (Lipinski definition) is 1. The Labute approximate surface area is 116 Å². The molecule has 0 saturated heterocycles. The number of benzene rings is 1. The van der Waals surface area contributed by atoms with Gasteiger partial charge in [-0.2, -0.15) is 0 Å². The van der Waals surface area contributed by atoms with Crippen molar-refractivity contribution in [2.24, 2.45) is 4.99 Å². The van der Waals surface area contributed by atoms with Crippen LogP contribution in [0.15, 0.2) is 26.3 Å². The molecule has 0 aliphatic carbocycles. The fourth-order valence-corrected chi connectivity index (χ4v) is 1.97. The van der Waals surface area contributed by atoms with Crippen LogP contribution in [-0.2, 0) is 0 Å². The van der Waals surface area contributed by atoms with Crippen molar-refractivity contribution in [2.45, 2.75) is 26.8 Å². The second kappa shape index (κ2) is 5.36. The lowest BCUT2D eigenvalue weighted by Crippen LogP contribution is -2.05. The summed E-state index contributed by atoms with van der Waals surface area (Å²) in [6, 6.07) is 2.88. The van der Waals surface area contributed by atoms with Crippen LogP contribution >= 0.6 is 0 Å². The number of hydrogen-bond acceptors (Lipinski definition) is 5. The minimum atomic E-state index is -0.209. The highest BCUT2D eigenvalue weighted by Gasteiger charge is 2.17. The molecule has 0 amide bonds. The summed E-state index contributed by atoms with van der Waals surface area (Å²) in [6.45, 7) is 5.51. The predicted molar refractivity (Wildman–Crippen MR) is 78.2 cm³/mol. The summed E-state index contributed by atoms with van der Waals surface area (Å²) in [5.41, 5.74) is 0.468. The average molecular weight is 275 g/mol. The predicted octanol–water partition coefficient (Wildman–Crippen LogP) is 2.64. The molecule has 0 atom stereocenters. The Bertz CT molecular complexity index is 729. The molecule has 0 bridgehead atoms. The smallest absolute Gasteiger partial charge is 0.196 e. The molecule has 5 nitrogen and oxygen atoms in total. The van der Waals surface area contributed by atoms with Gasteiger partial charge in [0, 0.05) is 24.4 Å². The molecule has 1 heterocycles. The minimum Gasteiger partial charge on any atom is -0.507 e. The third kappa shape index (κ3) is 2.52. The summed E-state index contributed by atoms with van der Waals surface area (Å²) in [5, 5.41) is 10.4. The first kappa shape index (κ1) is 14.1. The molecular weight excluding hydrogens is 258 g/mol. The molecule has 0 fully saturated rings. The van der Waals surface area contributed by atoms with Crippen molar-refractivity contribution in [2.75, 3.05) is 7.11 Å². The molecule has 1 aromatic heterocycles. The number of aryl methyl sites for hydroxylation is 1. The van der Waals surface area contributed by atoms with Crippen molar-refractivity contribution in [3.8, 4) is 11.5 Å². The fraction of sp³-hybridized carbons (Fsp3) is 0.333. The van der Waals surface area contributed by atoms with E-state index in [0.717, 1.165) is 0 Å². The Morgan fingerprint density at radius 1 is 1.40 bits per heavy atom. The van der Waals surface area contributed by atoms with Crippen molar-refractivity contribution in [3.05, 3.63) is 33.7 Å². The van der Waals surface area contributed by atoms with E-state index in [4.69, 9.17) is 9.15 Å². The van der Waals surface area contributed by atoms with Gasteiger partial charge in [0.25, 0.3) is 0 Å². The Hall–Kier alpha value is -2.30. The zero-order valence-corrected chi connectivity index (χ0v) is 11.9. The van der Waals surface area contributed by atoms with Crippen molar-refractivity contribution >= 4 is 17.2 Å². The van der Waals surface area contributed by atoms with Gasteiger partial charge in [0.05, 0.1) is 12.7 Å². The van der Waals surface area contributed by atoms with E-state index in [1.165, 1.54) is 25.5 Å². The first-order valence-corrected chi connectivity index (χ1v) is 6.31. The Morgan fingerprint density at radius 2 is 2.10 bits per heavy atom. The first-order chi connectivity index (χ1) is 9.43. The molecule has 0 aliphatic heterocycles. The van der Waals surface area contributed by atoms with Crippen LogP contribution in [0.5, 0.6) is 11.5 Å². The quantitative estimate of drug-likeness (QED) is 0.874. The summed E-state index contributed by atoms with van der Waals surface area (Å²) >= 11 is 0. The summed E-state index contributed by atoms with van der Waals surface area (Å²) < 4.78 is 10.7. The summed E-state index contributed by atoms with van der Waals surface area (Å²) in [5.74, 6) is 0.721. The summed E-state index contributed by atoms with van der Waals surface area (Å²) in [6.07, 6.45) is 1.51. The maximum atomic E-state index is 12.1. The van der Waals surface area contributed by atoms with E-state index in [1.54, 1.807) is 6.92 Å². The highest BCUT2D eigenvalue weighted by molar-refractivity contribution is 5.98. The highest BCUT2D eigenvalue weighted by atomic mass is 16.5. The van der Waals surface area contributed by atoms with Gasteiger partial charge >= 0.3 is 0 Å². The molecule has 0 saturated carbocycles. The van der Waals surface area contributed by atoms with E-state index in [9.17, 15) is 9.90 Å². The van der Waals surface area contributed by atoms with Gasteiger partial charge in [0.1, 0.15) is 28.2 Å². The Morgan fingerprint density at radius 3 is 2.70 bits per heavy atom. The Balaban J connectivity index is 2.83. The number of phenols is 1. The van der Waals surface area contributed by atoms with Crippen molar-refractivity contribution in [1.82, 2.24) is 0 Å². The second-order valence-electron chi connectivity index (χ2n) is 4.81. The summed E-state index contributed by atoms with van der Waals surface area (Å²) in [4.78, 5) is 16.3. The lowest BCUT2D eigenvalue weighted by molar-refractivity contribution is 0.409. The van der Waals surface area contributed by atoms with E-state index in [1.807, 2.05) is 13.8 Å². The lowest BCUT2D eigenvalue weighted by atomic mass is 10.1. The van der Waals surface area contributed by atoms with Gasteiger partial charge in [0.2, 0.25) is 0 Å². The molecule has 2 aromatic rings. The van der Waals surface area contributed by atoms with Crippen LogP contribution in [-0.4, -0.2) is 24.5 Å². The van der Waals surface area contributed by atoms with E-state index in [2.05, 4.69) is 4.99 Å². The lowest BCUT2D eigenvalue weighted by Gasteiger charge is -2.10. The zero-order chi connectivity index (χ0) is 14.9. The van der Waals surface area contributed by atoms with E-state index >= 15 is 0 Å². The van der Waals surface area contributed by atoms with E-state index < -0.39 is 0 Å². The standard InChI is InChI=1S/C15H17NO4/c1-8(2)16-7-10-11(17)6-13-14(15(10)19-4)12(18)5-9(3)20-13/h5-8,17H,1-4H3. The topological polar surface area (TPSA) is 72.0 Å². The molecule has 0 aliphatic rings.